The van der Waals surface area contributed by atoms with Gasteiger partial charge in [-0.3, -0.25) is 0 Å². The minimum Gasteiger partial charge on any atom is -0.432 e. The number of ether oxygens (including phenoxy) is 4. The van der Waals surface area contributed by atoms with Crippen LogP contribution >= 0.6 is 0 Å². The molecule has 198 valence electrons. The summed E-state index contributed by atoms with van der Waals surface area (Å²) in [6, 6.07) is 4.30. The van der Waals surface area contributed by atoms with E-state index in [9.17, 15) is 26.3 Å². The first-order valence-corrected chi connectivity index (χ1v) is 11.1. The molecule has 0 spiro atoms. The predicted molar refractivity (Wildman–Crippen MR) is 121 cm³/mol. The molecule has 0 atom stereocenters. The first kappa shape index (κ1) is 27.5. The molecule has 0 aromatic heterocycles. The molecule has 0 saturated carbocycles. The minimum absolute atomic E-state index is 0.0644. The van der Waals surface area contributed by atoms with E-state index >= 15 is 0 Å². The smallest absolute Gasteiger partial charge is 0.387 e. The lowest BCUT2D eigenvalue weighted by atomic mass is 9.90. The Labute approximate surface area is 203 Å². The van der Waals surface area contributed by atoms with Crippen molar-refractivity contribution in [3.63, 3.8) is 0 Å². The number of benzene rings is 2. The van der Waals surface area contributed by atoms with E-state index in [0.717, 1.165) is 18.2 Å². The number of rotatable bonds is 6. The maximum absolute atomic E-state index is 13.3. The molecule has 12 heteroatoms. The second kappa shape index (κ2) is 12.7. The molecule has 0 unspecified atom stereocenters. The first-order chi connectivity index (χ1) is 17.2. The van der Waals surface area contributed by atoms with Crippen molar-refractivity contribution in [3.8, 4) is 11.5 Å². The Bertz CT molecular complexity index is 1060. The average Bonchev–Trinajstić information content (AvgIpc) is 2.83. The summed E-state index contributed by atoms with van der Waals surface area (Å²) in [6.45, 7) is -4.12. The summed E-state index contributed by atoms with van der Waals surface area (Å²) in [5.41, 5.74) is 12.2. The van der Waals surface area contributed by atoms with Crippen LogP contribution < -0.4 is 20.9 Å². The quantitative estimate of drug-likeness (QED) is 0.374. The third-order valence-electron chi connectivity index (χ3n) is 5.58. The number of hydrogen-bond donors (Lipinski definition) is 2. The Morgan fingerprint density at radius 3 is 1.94 bits per heavy atom. The van der Waals surface area contributed by atoms with Crippen LogP contribution in [0.25, 0.3) is 5.57 Å². The van der Waals surface area contributed by atoms with E-state index in [1.165, 1.54) is 6.07 Å². The van der Waals surface area contributed by atoms with Crippen molar-refractivity contribution in [2.45, 2.75) is 38.4 Å². The Morgan fingerprint density at radius 1 is 0.778 bits per heavy atom. The number of nitrogens with two attached hydrogens (primary N) is 2. The van der Waals surface area contributed by atoms with Gasteiger partial charge in [-0.2, -0.15) is 17.6 Å². The molecule has 2 aromatic carbocycles. The minimum atomic E-state index is -3.00. The molecule has 36 heavy (non-hydrogen) atoms. The number of nitrogen functional groups attached to an aromatic ring is 2. The van der Waals surface area contributed by atoms with Gasteiger partial charge >= 0.3 is 13.2 Å². The third-order valence-corrected chi connectivity index (χ3v) is 5.58. The third kappa shape index (κ3) is 7.44. The number of halogens is 6. The zero-order chi connectivity index (χ0) is 26.2. The van der Waals surface area contributed by atoms with Gasteiger partial charge in [0.15, 0.2) is 11.5 Å². The number of alkyl halides is 4. The fourth-order valence-electron chi connectivity index (χ4n) is 4.02. The molecule has 2 aliphatic heterocycles. The van der Waals surface area contributed by atoms with Crippen LogP contribution in [-0.2, 0) is 9.47 Å². The van der Waals surface area contributed by atoms with Gasteiger partial charge in [-0.25, -0.2) is 8.78 Å². The topological polar surface area (TPSA) is 89.0 Å². The van der Waals surface area contributed by atoms with Gasteiger partial charge < -0.3 is 30.4 Å². The standard InChI is InChI=1S/C12H14F3NO2.C12H12F3NO2/c2*13-8-5-9(7-1-3-17-4-2-7)11(10(16)6-8)18-12(14)15/h5-7,12H,1-4,16H2;1,5-6,12H,2-4,16H2. The van der Waals surface area contributed by atoms with Crippen LogP contribution in [0.3, 0.4) is 0 Å². The van der Waals surface area contributed by atoms with Gasteiger partial charge in [0.1, 0.15) is 11.6 Å². The van der Waals surface area contributed by atoms with Crippen molar-refractivity contribution >= 4 is 16.9 Å². The lowest BCUT2D eigenvalue weighted by Gasteiger charge is -2.25. The summed E-state index contributed by atoms with van der Waals surface area (Å²) in [6.07, 6.45) is 3.49. The van der Waals surface area contributed by atoms with E-state index in [4.69, 9.17) is 20.9 Å². The summed E-state index contributed by atoms with van der Waals surface area (Å²) < 4.78 is 95.1. The SMILES string of the molecule is Nc1cc(F)cc(C2=CCOCC2)c1OC(F)F.Nc1cc(F)cc(C2CCOCC2)c1OC(F)F. The fraction of sp³-hybridized carbons (Fsp3) is 0.417. The van der Waals surface area contributed by atoms with Gasteiger partial charge in [0, 0.05) is 36.5 Å². The monoisotopic (exact) mass is 520 g/mol. The molecule has 0 aliphatic carbocycles. The largest absolute Gasteiger partial charge is 0.432 e. The molecular formula is C24H26F6N2O4. The van der Waals surface area contributed by atoms with Gasteiger partial charge in [0.2, 0.25) is 0 Å². The van der Waals surface area contributed by atoms with E-state index in [2.05, 4.69) is 9.47 Å². The number of hydrogen-bond acceptors (Lipinski definition) is 6. The van der Waals surface area contributed by atoms with E-state index < -0.39 is 24.9 Å². The maximum atomic E-state index is 13.3. The van der Waals surface area contributed by atoms with E-state index in [1.54, 1.807) is 6.08 Å². The van der Waals surface area contributed by atoms with Crippen LogP contribution in [0.2, 0.25) is 0 Å². The number of anilines is 2. The van der Waals surface area contributed by atoms with Crippen molar-refractivity contribution in [1.82, 2.24) is 0 Å². The Morgan fingerprint density at radius 2 is 1.36 bits per heavy atom. The highest BCUT2D eigenvalue weighted by atomic mass is 19.3. The van der Waals surface area contributed by atoms with E-state index in [-0.39, 0.29) is 34.4 Å². The first-order valence-electron chi connectivity index (χ1n) is 11.1. The second-order valence-electron chi connectivity index (χ2n) is 7.98. The van der Waals surface area contributed by atoms with Crippen LogP contribution in [0.15, 0.2) is 30.3 Å². The molecule has 2 heterocycles. The van der Waals surface area contributed by atoms with Crippen LogP contribution in [0.4, 0.5) is 37.7 Å². The molecule has 1 fully saturated rings. The van der Waals surface area contributed by atoms with Crippen molar-refractivity contribution in [3.05, 3.63) is 53.1 Å². The highest BCUT2D eigenvalue weighted by molar-refractivity contribution is 5.76. The average molecular weight is 520 g/mol. The van der Waals surface area contributed by atoms with Crippen LogP contribution in [0, 0.1) is 11.6 Å². The lowest BCUT2D eigenvalue weighted by molar-refractivity contribution is -0.0508. The summed E-state index contributed by atoms with van der Waals surface area (Å²) >= 11 is 0. The molecule has 0 amide bonds. The van der Waals surface area contributed by atoms with E-state index in [0.29, 0.717) is 56.8 Å². The van der Waals surface area contributed by atoms with Crippen molar-refractivity contribution in [2.75, 3.05) is 37.9 Å². The molecule has 0 bridgehead atoms. The van der Waals surface area contributed by atoms with Gasteiger partial charge in [0.05, 0.1) is 24.6 Å². The summed E-state index contributed by atoms with van der Waals surface area (Å²) in [5.74, 6) is -1.49. The Balaban J connectivity index is 0.000000201. The summed E-state index contributed by atoms with van der Waals surface area (Å²) in [5, 5.41) is 0. The summed E-state index contributed by atoms with van der Waals surface area (Å²) in [7, 11) is 0. The van der Waals surface area contributed by atoms with Crippen LogP contribution in [0.5, 0.6) is 11.5 Å². The Kier molecular flexibility index (Phi) is 9.71. The lowest BCUT2D eigenvalue weighted by Crippen LogP contribution is -2.17. The molecular weight excluding hydrogens is 494 g/mol. The Hall–Kier alpha value is -3.12. The zero-order valence-electron chi connectivity index (χ0n) is 19.1. The predicted octanol–water partition coefficient (Wildman–Crippen LogP) is 5.72. The molecule has 4 N–H and O–H groups in total. The molecule has 4 rings (SSSR count). The van der Waals surface area contributed by atoms with Gasteiger partial charge in [0.25, 0.3) is 0 Å². The normalized spacial score (nSPS) is 16.4. The molecule has 6 nitrogen and oxygen atoms in total. The van der Waals surface area contributed by atoms with Crippen LogP contribution in [0.1, 0.15) is 36.3 Å². The van der Waals surface area contributed by atoms with Gasteiger partial charge in [-0.05, 0) is 42.9 Å². The highest BCUT2D eigenvalue weighted by Gasteiger charge is 2.24. The van der Waals surface area contributed by atoms with Gasteiger partial charge in [-0.15, -0.1) is 0 Å². The van der Waals surface area contributed by atoms with Crippen molar-refractivity contribution in [2.24, 2.45) is 0 Å². The maximum Gasteiger partial charge on any atom is 0.387 e. The second-order valence-corrected chi connectivity index (χ2v) is 7.98. The fourth-order valence-corrected chi connectivity index (χ4v) is 4.02. The van der Waals surface area contributed by atoms with Crippen LogP contribution in [-0.4, -0.2) is 39.7 Å². The molecule has 2 aliphatic rings. The molecule has 2 aromatic rings. The summed E-state index contributed by atoms with van der Waals surface area (Å²) in [4.78, 5) is 0. The van der Waals surface area contributed by atoms with Gasteiger partial charge in [-0.1, -0.05) is 6.08 Å². The highest BCUT2D eigenvalue weighted by Crippen LogP contribution is 2.39. The van der Waals surface area contributed by atoms with Crippen molar-refractivity contribution < 1.29 is 45.3 Å². The van der Waals surface area contributed by atoms with Crippen molar-refractivity contribution in [1.29, 1.82) is 0 Å². The molecule has 1 saturated heterocycles. The molecule has 0 radical (unpaired) electrons. The van der Waals surface area contributed by atoms with E-state index in [1.807, 2.05) is 0 Å². The zero-order valence-corrected chi connectivity index (χ0v) is 19.1.